The molecule has 2 fully saturated rings. The van der Waals surface area contributed by atoms with Gasteiger partial charge in [-0.2, -0.15) is 4.80 Å². The van der Waals surface area contributed by atoms with Crippen LogP contribution < -0.4 is 4.90 Å². The van der Waals surface area contributed by atoms with Crippen molar-refractivity contribution in [1.82, 2.24) is 25.4 Å². The van der Waals surface area contributed by atoms with Gasteiger partial charge in [-0.15, -0.1) is 10.2 Å². The predicted molar refractivity (Wildman–Crippen MR) is 109 cm³/mol. The smallest absolute Gasteiger partial charge is 0.327 e. The van der Waals surface area contributed by atoms with Crippen LogP contribution in [0, 0.1) is 11.7 Å². The van der Waals surface area contributed by atoms with Gasteiger partial charge in [0.25, 0.3) is 0 Å². The minimum Gasteiger partial charge on any atom is -0.480 e. The summed E-state index contributed by atoms with van der Waals surface area (Å²) in [6, 6.07) is 6.25. The molecule has 5 rings (SSSR count). The zero-order valence-electron chi connectivity index (χ0n) is 17.1. The van der Waals surface area contributed by atoms with E-state index < -0.39 is 12.5 Å². The second-order valence-corrected chi connectivity index (χ2v) is 8.22. The van der Waals surface area contributed by atoms with E-state index >= 15 is 0 Å². The number of benzene rings is 1. The highest BCUT2D eigenvalue weighted by Gasteiger charge is 2.33. The molecule has 0 amide bonds. The highest BCUT2D eigenvalue weighted by Crippen LogP contribution is 2.42. The number of anilines is 1. The van der Waals surface area contributed by atoms with E-state index in [9.17, 15) is 14.0 Å². The molecule has 1 saturated heterocycles. The molecule has 0 atom stereocenters. The third-order valence-corrected chi connectivity index (χ3v) is 5.94. The van der Waals surface area contributed by atoms with Gasteiger partial charge in [0.15, 0.2) is 18.1 Å². The van der Waals surface area contributed by atoms with Crippen LogP contribution in [0.25, 0.3) is 11.6 Å². The van der Waals surface area contributed by atoms with Crippen LogP contribution >= 0.6 is 0 Å². The predicted octanol–water partition coefficient (Wildman–Crippen LogP) is 2.53. The number of tetrazole rings is 1. The lowest BCUT2D eigenvalue weighted by atomic mass is 9.86. The van der Waals surface area contributed by atoms with Crippen molar-refractivity contribution >= 4 is 17.6 Å². The van der Waals surface area contributed by atoms with E-state index in [4.69, 9.17) is 9.63 Å². The lowest BCUT2D eigenvalue weighted by Gasteiger charge is -2.31. The number of Topliss-reactive ketones (excluding diaryl/α,β-unsaturated/α-hetero) is 1. The number of aliphatic carboxylic acids is 1. The third-order valence-electron chi connectivity index (χ3n) is 5.94. The maximum absolute atomic E-state index is 13.8. The van der Waals surface area contributed by atoms with Gasteiger partial charge in [-0.1, -0.05) is 11.2 Å². The number of carbonyl (C=O) groups excluding carboxylic acids is 1. The topological polar surface area (TPSA) is 127 Å². The van der Waals surface area contributed by atoms with Gasteiger partial charge in [-0.3, -0.25) is 9.59 Å². The van der Waals surface area contributed by atoms with E-state index in [1.54, 1.807) is 12.1 Å². The van der Waals surface area contributed by atoms with Crippen molar-refractivity contribution in [3.8, 4) is 11.6 Å². The summed E-state index contributed by atoms with van der Waals surface area (Å²) in [6.07, 6.45) is 3.37. The summed E-state index contributed by atoms with van der Waals surface area (Å²) in [6.45, 7) is 0.814. The largest absolute Gasteiger partial charge is 0.480 e. The van der Waals surface area contributed by atoms with Gasteiger partial charge in [0.05, 0.1) is 0 Å². The average molecular weight is 440 g/mol. The molecule has 3 heterocycles. The Balaban J connectivity index is 1.24. The molecule has 1 N–H and O–H groups in total. The minimum absolute atomic E-state index is 0.0196. The van der Waals surface area contributed by atoms with Crippen molar-refractivity contribution in [3.05, 3.63) is 41.2 Å². The van der Waals surface area contributed by atoms with Crippen LogP contribution in [0.5, 0.6) is 0 Å². The lowest BCUT2D eigenvalue weighted by Crippen LogP contribution is -2.36. The minimum atomic E-state index is -1.08. The van der Waals surface area contributed by atoms with Gasteiger partial charge >= 0.3 is 5.97 Å². The Kier molecular flexibility index (Phi) is 5.16. The van der Waals surface area contributed by atoms with Crippen LogP contribution in [0.15, 0.2) is 28.8 Å². The summed E-state index contributed by atoms with van der Waals surface area (Å²) in [5.41, 5.74) is 1.51. The number of carboxylic acid groups (broad SMARTS) is 1. The first-order chi connectivity index (χ1) is 15.5. The van der Waals surface area contributed by atoms with Crippen molar-refractivity contribution in [3.63, 3.8) is 0 Å². The molecule has 1 saturated carbocycles. The van der Waals surface area contributed by atoms with Gasteiger partial charge < -0.3 is 14.5 Å². The number of carboxylic acids is 1. The second-order valence-electron chi connectivity index (χ2n) is 8.22. The van der Waals surface area contributed by atoms with E-state index in [0.717, 1.165) is 23.2 Å². The Hall–Kier alpha value is -3.63. The van der Waals surface area contributed by atoms with Crippen molar-refractivity contribution in [2.24, 2.45) is 5.92 Å². The molecule has 1 aliphatic carbocycles. The quantitative estimate of drug-likeness (QED) is 0.551. The highest BCUT2D eigenvalue weighted by molar-refractivity contribution is 5.99. The van der Waals surface area contributed by atoms with Crippen LogP contribution in [0.4, 0.5) is 10.2 Å². The molecule has 0 radical (unpaired) electrons. The Morgan fingerprint density at radius 2 is 1.94 bits per heavy atom. The standard InChI is InChI=1S/C21H21FN6O4/c22-14-3-4-15(12-1-2-12)16(9-14)20(31)13-5-7-27(8-6-13)18-10-17(32-25-18)21-23-26-28(24-21)11-19(29)30/h3-4,9-10,12-13H,1-2,5-8,11H2,(H,29,30). The fourth-order valence-electron chi connectivity index (χ4n) is 4.13. The van der Waals surface area contributed by atoms with E-state index in [-0.39, 0.29) is 29.1 Å². The zero-order valence-corrected chi connectivity index (χ0v) is 17.1. The maximum atomic E-state index is 13.8. The second kappa shape index (κ2) is 8.13. The summed E-state index contributed by atoms with van der Waals surface area (Å²) >= 11 is 0. The monoisotopic (exact) mass is 440 g/mol. The Morgan fingerprint density at radius 1 is 1.16 bits per heavy atom. The summed E-state index contributed by atoms with van der Waals surface area (Å²) in [4.78, 5) is 26.8. The number of hydrogen-bond donors (Lipinski definition) is 1. The van der Waals surface area contributed by atoms with E-state index in [2.05, 4.69) is 20.6 Å². The number of rotatable bonds is 7. The summed E-state index contributed by atoms with van der Waals surface area (Å²) in [7, 11) is 0. The molecular formula is C21H21FN6O4. The Labute approximate surface area is 182 Å². The lowest BCUT2D eigenvalue weighted by molar-refractivity contribution is -0.138. The molecule has 11 heteroatoms. The molecule has 3 aromatic rings. The zero-order chi connectivity index (χ0) is 22.2. The number of nitrogens with zero attached hydrogens (tertiary/aromatic N) is 6. The first-order valence-corrected chi connectivity index (χ1v) is 10.5. The summed E-state index contributed by atoms with van der Waals surface area (Å²) in [5, 5.41) is 24.3. The Morgan fingerprint density at radius 3 is 2.66 bits per heavy atom. The fraction of sp³-hybridized carbons (Fsp3) is 0.429. The van der Waals surface area contributed by atoms with Gasteiger partial charge in [0, 0.05) is 30.6 Å². The van der Waals surface area contributed by atoms with Crippen LogP contribution in [0.3, 0.4) is 0 Å². The van der Waals surface area contributed by atoms with Crippen LogP contribution in [0.1, 0.15) is 47.5 Å². The van der Waals surface area contributed by atoms with Crippen molar-refractivity contribution in [2.45, 2.75) is 38.1 Å². The molecule has 1 aromatic carbocycles. The van der Waals surface area contributed by atoms with Crippen molar-refractivity contribution in [2.75, 3.05) is 18.0 Å². The number of aromatic nitrogens is 5. The van der Waals surface area contributed by atoms with Crippen molar-refractivity contribution < 1.29 is 23.6 Å². The number of halogens is 1. The number of ketones is 1. The summed E-state index contributed by atoms with van der Waals surface area (Å²) < 4.78 is 19.1. The van der Waals surface area contributed by atoms with Crippen LogP contribution in [0.2, 0.25) is 0 Å². The van der Waals surface area contributed by atoms with Gasteiger partial charge in [-0.05, 0) is 54.5 Å². The fourth-order valence-corrected chi connectivity index (χ4v) is 4.13. The molecule has 0 unspecified atom stereocenters. The summed E-state index contributed by atoms with van der Waals surface area (Å²) in [5.74, 6) is -0.195. The van der Waals surface area contributed by atoms with E-state index in [1.165, 1.54) is 12.1 Å². The van der Waals surface area contributed by atoms with Crippen LogP contribution in [-0.2, 0) is 11.3 Å². The SMILES string of the molecule is O=C(O)Cn1nnc(-c2cc(N3CCC(C(=O)c4cc(F)ccc4C4CC4)CC3)no2)n1. The van der Waals surface area contributed by atoms with Crippen molar-refractivity contribution in [1.29, 1.82) is 0 Å². The molecule has 0 spiro atoms. The molecule has 166 valence electrons. The molecule has 2 aliphatic rings. The van der Waals surface area contributed by atoms with E-state index in [1.807, 2.05) is 4.90 Å². The average Bonchev–Trinajstić information content (AvgIpc) is 3.32. The number of carbonyl (C=O) groups is 2. The molecule has 10 nitrogen and oxygen atoms in total. The first-order valence-electron chi connectivity index (χ1n) is 10.5. The van der Waals surface area contributed by atoms with Gasteiger partial charge in [-0.25, -0.2) is 4.39 Å². The maximum Gasteiger partial charge on any atom is 0.327 e. The molecule has 32 heavy (non-hydrogen) atoms. The van der Waals surface area contributed by atoms with E-state index in [0.29, 0.717) is 43.2 Å². The first kappa shape index (κ1) is 20.3. The molecule has 1 aliphatic heterocycles. The number of hydrogen-bond acceptors (Lipinski definition) is 8. The van der Waals surface area contributed by atoms with Gasteiger partial charge in [0.1, 0.15) is 5.82 Å². The highest BCUT2D eigenvalue weighted by atomic mass is 19.1. The number of piperidine rings is 1. The normalized spacial score (nSPS) is 17.0. The molecule has 0 bridgehead atoms. The third kappa shape index (κ3) is 4.10. The molecular weight excluding hydrogens is 419 g/mol. The molecule has 2 aromatic heterocycles. The Bertz CT molecular complexity index is 1160. The van der Waals surface area contributed by atoms with Crippen LogP contribution in [-0.4, -0.2) is 55.3 Å². The van der Waals surface area contributed by atoms with Gasteiger partial charge in [0.2, 0.25) is 11.6 Å².